The van der Waals surface area contributed by atoms with E-state index in [1.807, 2.05) is 54.7 Å². The number of nitrogens with one attached hydrogen (secondary N) is 1. The van der Waals surface area contributed by atoms with Crippen LogP contribution in [0.15, 0.2) is 72.6 Å². The molecule has 1 aromatic carbocycles. The highest BCUT2D eigenvalue weighted by Crippen LogP contribution is 2.38. The molecule has 6 nitrogen and oxygen atoms in total. The van der Waals surface area contributed by atoms with Crippen molar-refractivity contribution in [1.29, 1.82) is 5.26 Å². The fraction of sp³-hybridized carbons (Fsp3) is 0.231. The summed E-state index contributed by atoms with van der Waals surface area (Å²) in [7, 11) is 0. The zero-order valence-electron chi connectivity index (χ0n) is 17.7. The number of nitrogens with zero attached hydrogens (tertiary/aromatic N) is 4. The minimum atomic E-state index is -0.429. The van der Waals surface area contributed by atoms with Crippen LogP contribution >= 0.6 is 0 Å². The Balaban J connectivity index is 1.52. The zero-order chi connectivity index (χ0) is 22.2. The lowest BCUT2D eigenvalue weighted by molar-refractivity contribution is -0.119. The monoisotopic (exact) mass is 421 g/mol. The number of hydrogen-bond acceptors (Lipinski definition) is 4. The first kappa shape index (κ1) is 21.1. The van der Waals surface area contributed by atoms with Crippen molar-refractivity contribution in [2.24, 2.45) is 0 Å². The minimum absolute atomic E-state index is 0.0290. The summed E-state index contributed by atoms with van der Waals surface area (Å²) in [6, 6.07) is 19.2. The molecule has 2 aromatic heterocycles. The molecule has 1 saturated carbocycles. The summed E-state index contributed by atoms with van der Waals surface area (Å²) in [5, 5.41) is 16.9. The number of rotatable bonds is 5. The van der Waals surface area contributed by atoms with Gasteiger partial charge >= 0.3 is 0 Å². The Kier molecular flexibility index (Phi) is 6.43. The van der Waals surface area contributed by atoms with Gasteiger partial charge in [0.25, 0.3) is 5.91 Å². The van der Waals surface area contributed by atoms with Crippen LogP contribution in [0, 0.1) is 23.2 Å². The number of amides is 1. The van der Waals surface area contributed by atoms with Crippen molar-refractivity contribution in [1.82, 2.24) is 20.1 Å². The third-order valence-electron chi connectivity index (χ3n) is 5.58. The third-order valence-corrected chi connectivity index (χ3v) is 5.58. The van der Waals surface area contributed by atoms with Crippen molar-refractivity contribution < 1.29 is 4.79 Å². The van der Waals surface area contributed by atoms with Crippen LogP contribution in [-0.4, -0.2) is 20.7 Å². The SMILES string of the molecule is N#CC(=Cc1cccc(C#CCn2cccn2)n1)C(=O)NC1(c2ccccc2)CCCC1. The van der Waals surface area contributed by atoms with E-state index >= 15 is 0 Å². The van der Waals surface area contributed by atoms with Gasteiger partial charge in [0.1, 0.15) is 23.9 Å². The van der Waals surface area contributed by atoms with Gasteiger partial charge in [-0.15, -0.1) is 0 Å². The molecule has 4 rings (SSSR count). The molecule has 0 atom stereocenters. The maximum Gasteiger partial charge on any atom is 0.262 e. The number of carbonyl (C=O) groups is 1. The second-order valence-corrected chi connectivity index (χ2v) is 7.73. The van der Waals surface area contributed by atoms with E-state index in [0.717, 1.165) is 31.2 Å². The van der Waals surface area contributed by atoms with Crippen molar-refractivity contribution in [2.75, 3.05) is 0 Å². The highest BCUT2D eigenvalue weighted by Gasteiger charge is 2.37. The molecule has 3 aromatic rings. The van der Waals surface area contributed by atoms with Gasteiger partial charge in [0.2, 0.25) is 0 Å². The number of carbonyl (C=O) groups excluding carboxylic acids is 1. The Labute approximate surface area is 187 Å². The summed E-state index contributed by atoms with van der Waals surface area (Å²) >= 11 is 0. The van der Waals surface area contributed by atoms with E-state index in [-0.39, 0.29) is 11.5 Å². The Bertz CT molecular complexity index is 1200. The zero-order valence-corrected chi connectivity index (χ0v) is 17.7. The van der Waals surface area contributed by atoms with E-state index in [1.54, 1.807) is 23.0 Å². The highest BCUT2D eigenvalue weighted by atomic mass is 16.1. The molecule has 1 fully saturated rings. The van der Waals surface area contributed by atoms with Crippen LogP contribution in [0.2, 0.25) is 0 Å². The average molecular weight is 422 g/mol. The van der Waals surface area contributed by atoms with Crippen LogP contribution in [0.3, 0.4) is 0 Å². The summed E-state index contributed by atoms with van der Waals surface area (Å²) < 4.78 is 1.72. The molecule has 0 unspecified atom stereocenters. The fourth-order valence-electron chi connectivity index (χ4n) is 4.01. The van der Waals surface area contributed by atoms with Gasteiger partial charge in [-0.2, -0.15) is 10.4 Å². The minimum Gasteiger partial charge on any atom is -0.342 e. The summed E-state index contributed by atoms with van der Waals surface area (Å²) in [5.74, 6) is 5.63. The predicted molar refractivity (Wildman–Crippen MR) is 122 cm³/mol. The summed E-state index contributed by atoms with van der Waals surface area (Å²) in [6.07, 6.45) is 8.87. The number of pyridine rings is 1. The number of benzene rings is 1. The summed E-state index contributed by atoms with van der Waals surface area (Å²) in [6.45, 7) is 0.460. The standard InChI is InChI=1S/C26H23N5O/c27-20-21(25(32)30-26(14-4-5-15-26)22-9-2-1-3-10-22)19-24-12-6-11-23(29-24)13-7-17-31-18-8-16-28-31/h1-3,6,8-12,16,18-19H,4-5,14-15,17H2,(H,30,32). The molecule has 2 heterocycles. The Morgan fingerprint density at radius 1 is 1.12 bits per heavy atom. The van der Waals surface area contributed by atoms with Crippen molar-refractivity contribution in [3.63, 3.8) is 0 Å². The molecule has 0 bridgehead atoms. The molecule has 0 aliphatic heterocycles. The van der Waals surface area contributed by atoms with Crippen molar-refractivity contribution >= 4 is 12.0 Å². The maximum absolute atomic E-state index is 13.0. The quantitative estimate of drug-likeness (QED) is 0.386. The molecule has 0 radical (unpaired) electrons. The van der Waals surface area contributed by atoms with Gasteiger partial charge in [-0.3, -0.25) is 9.48 Å². The maximum atomic E-state index is 13.0. The first-order chi connectivity index (χ1) is 15.7. The summed E-state index contributed by atoms with van der Waals surface area (Å²) in [5.41, 5.74) is 1.77. The van der Waals surface area contributed by atoms with Gasteiger partial charge in [-0.25, -0.2) is 4.98 Å². The average Bonchev–Trinajstić information content (AvgIpc) is 3.51. The molecule has 0 spiro atoms. The lowest BCUT2D eigenvalue weighted by Gasteiger charge is -2.31. The van der Waals surface area contributed by atoms with Gasteiger partial charge in [0, 0.05) is 12.4 Å². The van der Waals surface area contributed by atoms with Crippen molar-refractivity contribution in [3.05, 3.63) is 89.5 Å². The fourth-order valence-corrected chi connectivity index (χ4v) is 4.01. The molecule has 0 saturated heterocycles. The van der Waals surface area contributed by atoms with Gasteiger partial charge in [0.05, 0.1) is 11.2 Å². The number of aromatic nitrogens is 3. The smallest absolute Gasteiger partial charge is 0.262 e. The molecular weight excluding hydrogens is 398 g/mol. The predicted octanol–water partition coefficient (Wildman–Crippen LogP) is 3.82. The Hall–Kier alpha value is -4.16. The van der Waals surface area contributed by atoms with Crippen LogP contribution < -0.4 is 5.32 Å². The Morgan fingerprint density at radius 2 is 1.94 bits per heavy atom. The molecular formula is C26H23N5O. The first-order valence-corrected chi connectivity index (χ1v) is 10.6. The molecule has 158 valence electrons. The van der Waals surface area contributed by atoms with Crippen LogP contribution in [-0.2, 0) is 16.9 Å². The lowest BCUT2D eigenvalue weighted by atomic mass is 9.88. The topological polar surface area (TPSA) is 83.6 Å². The van der Waals surface area contributed by atoms with Gasteiger partial charge in [0.15, 0.2) is 0 Å². The van der Waals surface area contributed by atoms with Gasteiger partial charge < -0.3 is 5.32 Å². The molecule has 1 aliphatic rings. The molecule has 1 amide bonds. The highest BCUT2D eigenvalue weighted by molar-refractivity contribution is 6.02. The van der Waals surface area contributed by atoms with E-state index in [4.69, 9.17) is 0 Å². The molecule has 32 heavy (non-hydrogen) atoms. The van der Waals surface area contributed by atoms with E-state index in [0.29, 0.717) is 17.9 Å². The van der Waals surface area contributed by atoms with Gasteiger partial charge in [-0.05, 0) is 48.6 Å². The van der Waals surface area contributed by atoms with Gasteiger partial charge in [-0.1, -0.05) is 55.2 Å². The van der Waals surface area contributed by atoms with E-state index in [9.17, 15) is 10.1 Å². The van der Waals surface area contributed by atoms with Crippen molar-refractivity contribution in [2.45, 2.75) is 37.8 Å². The normalized spacial score (nSPS) is 14.8. The first-order valence-electron chi connectivity index (χ1n) is 10.6. The van der Waals surface area contributed by atoms with Crippen LogP contribution in [0.5, 0.6) is 0 Å². The van der Waals surface area contributed by atoms with E-state index < -0.39 is 5.54 Å². The van der Waals surface area contributed by atoms with E-state index in [2.05, 4.69) is 27.2 Å². The van der Waals surface area contributed by atoms with Crippen LogP contribution in [0.4, 0.5) is 0 Å². The second-order valence-electron chi connectivity index (χ2n) is 7.73. The number of nitriles is 1. The largest absolute Gasteiger partial charge is 0.342 e. The lowest BCUT2D eigenvalue weighted by Crippen LogP contribution is -2.44. The van der Waals surface area contributed by atoms with Crippen molar-refractivity contribution in [3.8, 4) is 17.9 Å². The molecule has 1 N–H and O–H groups in total. The van der Waals surface area contributed by atoms with Crippen LogP contribution in [0.25, 0.3) is 6.08 Å². The second kappa shape index (κ2) is 9.76. The Morgan fingerprint density at radius 3 is 2.66 bits per heavy atom. The van der Waals surface area contributed by atoms with E-state index in [1.165, 1.54) is 6.08 Å². The number of hydrogen-bond donors (Lipinski definition) is 1. The third kappa shape index (κ3) is 4.94. The molecule has 6 heteroatoms. The molecule has 1 aliphatic carbocycles. The van der Waals surface area contributed by atoms with Crippen LogP contribution in [0.1, 0.15) is 42.6 Å². The summed E-state index contributed by atoms with van der Waals surface area (Å²) in [4.78, 5) is 17.5.